The molecule has 1 aromatic carbocycles. The number of nitrogens with zero attached hydrogens (tertiary/aromatic N) is 2. The minimum absolute atomic E-state index is 0.133. The van der Waals surface area contributed by atoms with Crippen molar-refractivity contribution in [2.24, 2.45) is 10.7 Å². The summed E-state index contributed by atoms with van der Waals surface area (Å²) in [6.07, 6.45) is 1.75. The molecule has 0 aliphatic rings. The van der Waals surface area contributed by atoms with E-state index in [1.165, 1.54) is 11.8 Å². The molecule has 0 bridgehead atoms. The van der Waals surface area contributed by atoms with Gasteiger partial charge < -0.3 is 16.4 Å². The van der Waals surface area contributed by atoms with Crippen molar-refractivity contribution in [2.75, 3.05) is 18.2 Å². The van der Waals surface area contributed by atoms with Gasteiger partial charge in [-0.25, -0.2) is 0 Å². The summed E-state index contributed by atoms with van der Waals surface area (Å²) in [5.41, 5.74) is 7.30. The molecule has 0 fully saturated rings. The molecular formula is C15H17N5OS. The lowest BCUT2D eigenvalue weighted by molar-refractivity contribution is -0.114. The molecule has 0 spiro atoms. The van der Waals surface area contributed by atoms with Crippen LogP contribution in [-0.4, -0.2) is 30.5 Å². The van der Waals surface area contributed by atoms with E-state index in [9.17, 15) is 4.79 Å². The van der Waals surface area contributed by atoms with E-state index in [0.29, 0.717) is 10.9 Å². The van der Waals surface area contributed by atoms with Gasteiger partial charge in [-0.1, -0.05) is 30.0 Å². The summed E-state index contributed by atoms with van der Waals surface area (Å²) in [5.74, 6) is -0.0718. The highest BCUT2D eigenvalue weighted by Gasteiger charge is 2.10. The number of hydrogen-bond acceptors (Lipinski definition) is 6. The normalized spacial score (nSPS) is 11.7. The second-order valence-corrected chi connectivity index (χ2v) is 5.28. The molecule has 1 heterocycles. The second kappa shape index (κ2) is 7.46. The summed E-state index contributed by atoms with van der Waals surface area (Å²) in [6, 6.07) is 9.79. The zero-order valence-corrected chi connectivity index (χ0v) is 13.0. The summed E-state index contributed by atoms with van der Waals surface area (Å²) in [7, 11) is 1.71. The van der Waals surface area contributed by atoms with Gasteiger partial charge in [-0.3, -0.25) is 14.8 Å². The average Bonchev–Trinajstić information content (AvgIpc) is 2.54. The molecule has 4 N–H and O–H groups in total. The Morgan fingerprint density at radius 1 is 1.41 bits per heavy atom. The van der Waals surface area contributed by atoms with Crippen LogP contribution >= 0.6 is 11.8 Å². The molecule has 0 unspecified atom stereocenters. The van der Waals surface area contributed by atoms with Gasteiger partial charge in [-0.2, -0.15) is 0 Å². The number of para-hydroxylation sites is 1. The number of nitrogens with two attached hydrogens (primary N) is 1. The van der Waals surface area contributed by atoms with Crippen molar-refractivity contribution in [3.05, 3.63) is 47.3 Å². The van der Waals surface area contributed by atoms with Gasteiger partial charge in [0, 0.05) is 24.3 Å². The van der Waals surface area contributed by atoms with E-state index < -0.39 is 5.91 Å². The monoisotopic (exact) mass is 315 g/mol. The van der Waals surface area contributed by atoms with Crippen LogP contribution in [0.2, 0.25) is 0 Å². The molecule has 6 nitrogen and oxygen atoms in total. The number of hydrogen-bond donors (Lipinski definition) is 3. The maximum atomic E-state index is 11.3. The third-order valence-corrected chi connectivity index (χ3v) is 3.94. The largest absolute Gasteiger partial charge is 0.381 e. The average molecular weight is 315 g/mol. The Hall–Kier alpha value is -2.54. The van der Waals surface area contributed by atoms with E-state index in [1.807, 2.05) is 30.3 Å². The van der Waals surface area contributed by atoms with Crippen LogP contribution in [0.15, 0.2) is 52.2 Å². The molecule has 2 aromatic rings. The Bertz CT molecular complexity index is 723. The molecular weight excluding hydrogens is 298 g/mol. The highest BCUT2D eigenvalue weighted by atomic mass is 32.2. The summed E-state index contributed by atoms with van der Waals surface area (Å²) in [5, 5.41) is 7.84. The van der Waals surface area contributed by atoms with Gasteiger partial charge in [-0.05, 0) is 18.9 Å². The predicted molar refractivity (Wildman–Crippen MR) is 92.7 cm³/mol. The SMILES string of the molecule is C=N/C(C(N)=O)=C(/NC)SCNc1ccnc2ccccc12. The van der Waals surface area contributed by atoms with Crippen LogP contribution in [0.25, 0.3) is 10.9 Å². The number of aromatic nitrogens is 1. The molecule has 0 saturated heterocycles. The topological polar surface area (TPSA) is 92.4 Å². The van der Waals surface area contributed by atoms with Crippen LogP contribution in [0, 0.1) is 0 Å². The number of rotatable bonds is 7. The minimum Gasteiger partial charge on any atom is -0.381 e. The molecule has 7 heteroatoms. The van der Waals surface area contributed by atoms with Gasteiger partial charge in [0.1, 0.15) is 5.03 Å². The van der Waals surface area contributed by atoms with E-state index in [1.54, 1.807) is 13.2 Å². The Labute approximate surface area is 132 Å². The number of fused-ring (bicyclic) bond motifs is 1. The quantitative estimate of drug-likeness (QED) is 0.412. The molecule has 0 aliphatic heterocycles. The van der Waals surface area contributed by atoms with Crippen molar-refractivity contribution in [3.8, 4) is 0 Å². The third kappa shape index (κ3) is 3.56. The molecule has 0 aliphatic carbocycles. The first kappa shape index (κ1) is 15.8. The zero-order valence-electron chi connectivity index (χ0n) is 12.2. The number of benzene rings is 1. The molecule has 0 saturated carbocycles. The predicted octanol–water partition coefficient (Wildman–Crippen LogP) is 1.91. The summed E-state index contributed by atoms with van der Waals surface area (Å²) < 4.78 is 0. The Morgan fingerprint density at radius 3 is 2.86 bits per heavy atom. The fourth-order valence-electron chi connectivity index (χ4n) is 1.96. The van der Waals surface area contributed by atoms with E-state index >= 15 is 0 Å². The number of carbonyl (C=O) groups is 1. The van der Waals surface area contributed by atoms with Crippen molar-refractivity contribution in [2.45, 2.75) is 0 Å². The molecule has 0 atom stereocenters. The number of anilines is 1. The first-order valence-corrected chi connectivity index (χ1v) is 7.55. The molecule has 114 valence electrons. The van der Waals surface area contributed by atoms with Crippen LogP contribution in [0.4, 0.5) is 5.69 Å². The number of amides is 1. The van der Waals surface area contributed by atoms with Gasteiger partial charge in [0.25, 0.3) is 5.91 Å². The van der Waals surface area contributed by atoms with Crippen LogP contribution in [-0.2, 0) is 4.79 Å². The van der Waals surface area contributed by atoms with E-state index in [0.717, 1.165) is 16.6 Å². The first-order valence-electron chi connectivity index (χ1n) is 6.56. The van der Waals surface area contributed by atoms with Crippen LogP contribution in [0.3, 0.4) is 0 Å². The molecule has 1 amide bonds. The van der Waals surface area contributed by atoms with E-state index in [-0.39, 0.29) is 5.70 Å². The highest BCUT2D eigenvalue weighted by Crippen LogP contribution is 2.23. The van der Waals surface area contributed by atoms with Crippen molar-refractivity contribution in [3.63, 3.8) is 0 Å². The van der Waals surface area contributed by atoms with Gasteiger partial charge in [0.15, 0.2) is 5.70 Å². The van der Waals surface area contributed by atoms with Crippen LogP contribution in [0.5, 0.6) is 0 Å². The van der Waals surface area contributed by atoms with Crippen molar-refractivity contribution < 1.29 is 4.79 Å². The van der Waals surface area contributed by atoms with Gasteiger partial charge in [-0.15, -0.1) is 0 Å². The van der Waals surface area contributed by atoms with Crippen LogP contribution in [0.1, 0.15) is 0 Å². The maximum absolute atomic E-state index is 11.3. The van der Waals surface area contributed by atoms with E-state index in [2.05, 4.69) is 27.3 Å². The Balaban J connectivity index is 2.12. The van der Waals surface area contributed by atoms with Crippen LogP contribution < -0.4 is 16.4 Å². The highest BCUT2D eigenvalue weighted by molar-refractivity contribution is 8.03. The lowest BCUT2D eigenvalue weighted by Crippen LogP contribution is -2.19. The molecule has 2 rings (SSSR count). The number of pyridine rings is 1. The fourth-order valence-corrected chi connectivity index (χ4v) is 2.77. The summed E-state index contributed by atoms with van der Waals surface area (Å²) in [4.78, 5) is 19.3. The number of primary amides is 1. The molecule has 1 aromatic heterocycles. The van der Waals surface area contributed by atoms with E-state index in [4.69, 9.17) is 5.73 Å². The van der Waals surface area contributed by atoms with Crippen molar-refractivity contribution in [1.82, 2.24) is 10.3 Å². The standard InChI is InChI=1S/C15H17N5OS/c1-17-13(14(16)21)15(18-2)22-9-20-12-7-8-19-11-6-4-3-5-10(11)12/h3-8,18H,1,9H2,2H3,(H2,16,21)(H,19,20)/b15-13-. The number of carbonyl (C=O) groups excluding carboxylic acids is 1. The van der Waals surface area contributed by atoms with Gasteiger partial charge in [0.2, 0.25) is 0 Å². The minimum atomic E-state index is -0.610. The summed E-state index contributed by atoms with van der Waals surface area (Å²) >= 11 is 1.39. The molecule has 0 radical (unpaired) electrons. The first-order chi connectivity index (χ1) is 10.7. The third-order valence-electron chi connectivity index (χ3n) is 2.96. The number of nitrogens with one attached hydrogen (secondary N) is 2. The van der Waals surface area contributed by atoms with Gasteiger partial charge >= 0.3 is 0 Å². The lowest BCUT2D eigenvalue weighted by Gasteiger charge is -2.12. The zero-order chi connectivity index (χ0) is 15.9. The maximum Gasteiger partial charge on any atom is 0.269 e. The Morgan fingerprint density at radius 2 is 2.18 bits per heavy atom. The second-order valence-electron chi connectivity index (χ2n) is 4.29. The molecule has 22 heavy (non-hydrogen) atoms. The number of aliphatic imine (C=N–C) groups is 1. The fraction of sp³-hybridized carbons (Fsp3) is 0.133. The Kier molecular flexibility index (Phi) is 5.37. The van der Waals surface area contributed by atoms with Crippen molar-refractivity contribution in [1.29, 1.82) is 0 Å². The number of thioether (sulfide) groups is 1. The lowest BCUT2D eigenvalue weighted by atomic mass is 10.2. The summed E-state index contributed by atoms with van der Waals surface area (Å²) in [6.45, 7) is 3.37. The van der Waals surface area contributed by atoms with Crippen molar-refractivity contribution >= 4 is 41.0 Å². The van der Waals surface area contributed by atoms with Gasteiger partial charge in [0.05, 0.1) is 11.4 Å². The smallest absolute Gasteiger partial charge is 0.269 e.